The minimum atomic E-state index is 0.710. The average Bonchev–Trinajstić information content (AvgIpc) is 2.61. The molecule has 24 heavy (non-hydrogen) atoms. The zero-order chi connectivity index (χ0) is 17.2. The third-order valence-electron chi connectivity index (χ3n) is 4.61. The maximum Gasteiger partial charge on any atom is 0.0369 e. The second kappa shape index (κ2) is 10.1. The van der Waals surface area contributed by atoms with Gasteiger partial charge in [0.1, 0.15) is 0 Å². The molecule has 130 valence electrons. The van der Waals surface area contributed by atoms with Crippen molar-refractivity contribution in [3.8, 4) is 0 Å². The molecule has 0 saturated heterocycles. The largest absolute Gasteiger partial charge is 0.372 e. The fraction of sp³-hybridized carbons (Fsp3) is 0.455. The molecule has 0 aliphatic heterocycles. The lowest BCUT2D eigenvalue weighted by molar-refractivity contribution is 0.498. The van der Waals surface area contributed by atoms with Crippen molar-refractivity contribution >= 4 is 5.69 Å². The van der Waals surface area contributed by atoms with Gasteiger partial charge in [-0.25, -0.2) is 0 Å². The molecule has 2 aromatic carbocycles. The van der Waals surface area contributed by atoms with Gasteiger partial charge in [-0.2, -0.15) is 0 Å². The summed E-state index contributed by atoms with van der Waals surface area (Å²) in [5, 5.41) is 3.60. The van der Waals surface area contributed by atoms with E-state index < -0.39 is 0 Å². The first-order valence-electron chi connectivity index (χ1n) is 9.31. The number of anilines is 1. The van der Waals surface area contributed by atoms with Crippen molar-refractivity contribution in [1.82, 2.24) is 5.32 Å². The quantitative estimate of drug-likeness (QED) is 0.626. The molecule has 0 aromatic heterocycles. The summed E-state index contributed by atoms with van der Waals surface area (Å²) in [7, 11) is 0. The van der Waals surface area contributed by atoms with Crippen molar-refractivity contribution in [2.75, 3.05) is 24.5 Å². The van der Waals surface area contributed by atoms with E-state index in [0.717, 1.165) is 26.2 Å². The fourth-order valence-electron chi connectivity index (χ4n) is 3.15. The minimum absolute atomic E-state index is 0.710. The Morgan fingerprint density at radius 2 is 1.62 bits per heavy atom. The summed E-state index contributed by atoms with van der Waals surface area (Å²) >= 11 is 0. The smallest absolute Gasteiger partial charge is 0.0369 e. The zero-order valence-corrected chi connectivity index (χ0v) is 15.5. The van der Waals surface area contributed by atoms with Gasteiger partial charge >= 0.3 is 0 Å². The highest BCUT2D eigenvalue weighted by molar-refractivity contribution is 5.48. The van der Waals surface area contributed by atoms with Crippen LogP contribution in [0, 0.1) is 5.92 Å². The van der Waals surface area contributed by atoms with Crippen molar-refractivity contribution in [3.63, 3.8) is 0 Å². The van der Waals surface area contributed by atoms with Crippen molar-refractivity contribution < 1.29 is 0 Å². The molecule has 2 aromatic rings. The molecule has 0 aliphatic rings. The lowest BCUT2D eigenvalue weighted by Gasteiger charge is -2.21. The summed E-state index contributed by atoms with van der Waals surface area (Å²) in [6, 6.07) is 19.7. The molecule has 0 amide bonds. The monoisotopic (exact) mass is 324 g/mol. The van der Waals surface area contributed by atoms with Gasteiger partial charge in [-0.1, -0.05) is 49.4 Å². The Kier molecular flexibility index (Phi) is 7.84. The van der Waals surface area contributed by atoms with Crippen LogP contribution in [0.2, 0.25) is 0 Å². The maximum atomic E-state index is 3.60. The molecule has 0 aliphatic carbocycles. The maximum absolute atomic E-state index is 3.60. The van der Waals surface area contributed by atoms with E-state index in [9.17, 15) is 0 Å². The van der Waals surface area contributed by atoms with E-state index in [4.69, 9.17) is 0 Å². The van der Waals surface area contributed by atoms with E-state index in [1.165, 1.54) is 29.7 Å². The van der Waals surface area contributed by atoms with Crippen LogP contribution in [-0.4, -0.2) is 19.6 Å². The highest BCUT2D eigenvalue weighted by atomic mass is 15.1. The lowest BCUT2D eigenvalue weighted by atomic mass is 9.98. The molecule has 2 rings (SSSR count). The first kappa shape index (κ1) is 18.5. The van der Waals surface area contributed by atoms with Gasteiger partial charge in [0.15, 0.2) is 0 Å². The highest BCUT2D eigenvalue weighted by Gasteiger charge is 2.05. The lowest BCUT2D eigenvalue weighted by Crippen LogP contribution is -2.22. The Balaban J connectivity index is 1.73. The van der Waals surface area contributed by atoms with E-state index in [0.29, 0.717) is 5.92 Å². The topological polar surface area (TPSA) is 15.3 Å². The number of nitrogens with one attached hydrogen (secondary N) is 1. The van der Waals surface area contributed by atoms with E-state index in [1.54, 1.807) is 0 Å². The Morgan fingerprint density at radius 3 is 2.33 bits per heavy atom. The molecule has 0 radical (unpaired) electrons. The van der Waals surface area contributed by atoms with Crippen molar-refractivity contribution in [3.05, 3.63) is 65.7 Å². The predicted octanol–water partition coefficient (Wildman–Crippen LogP) is 4.89. The van der Waals surface area contributed by atoms with Crippen LogP contribution in [0.25, 0.3) is 0 Å². The van der Waals surface area contributed by atoms with Gasteiger partial charge in [0.25, 0.3) is 0 Å². The van der Waals surface area contributed by atoms with Gasteiger partial charge in [-0.15, -0.1) is 0 Å². The van der Waals surface area contributed by atoms with Crippen molar-refractivity contribution in [2.45, 2.75) is 40.2 Å². The molecule has 0 saturated carbocycles. The van der Waals surface area contributed by atoms with Gasteiger partial charge in [-0.3, -0.25) is 0 Å². The Labute approximate surface area is 147 Å². The number of nitrogens with zero attached hydrogens (tertiary/aromatic N) is 1. The molecule has 1 N–H and O–H groups in total. The van der Waals surface area contributed by atoms with Gasteiger partial charge in [-0.05, 0) is 62.4 Å². The van der Waals surface area contributed by atoms with Gasteiger partial charge in [0.2, 0.25) is 0 Å². The molecule has 0 heterocycles. The minimum Gasteiger partial charge on any atom is -0.372 e. The second-order valence-corrected chi connectivity index (χ2v) is 6.60. The standard InChI is InChI=1S/C22H32N2/c1-4-24(5-2)22-13-9-12-21(17-22)18-23-15-14-19(3)16-20-10-7-6-8-11-20/h6-13,17,19,23H,4-5,14-16,18H2,1-3H3/t19-/m1/s1. The van der Waals surface area contributed by atoms with Crippen LogP contribution >= 0.6 is 0 Å². The van der Waals surface area contributed by atoms with Crippen LogP contribution in [0.3, 0.4) is 0 Å². The summed E-state index contributed by atoms with van der Waals surface area (Å²) in [6.45, 7) is 10.9. The fourth-order valence-corrected chi connectivity index (χ4v) is 3.15. The first-order valence-corrected chi connectivity index (χ1v) is 9.31. The Hall–Kier alpha value is -1.80. The van der Waals surface area contributed by atoms with Crippen molar-refractivity contribution in [1.29, 1.82) is 0 Å². The highest BCUT2D eigenvalue weighted by Crippen LogP contribution is 2.16. The summed E-state index contributed by atoms with van der Waals surface area (Å²) in [5.41, 5.74) is 4.14. The summed E-state index contributed by atoms with van der Waals surface area (Å²) in [4.78, 5) is 2.39. The average molecular weight is 325 g/mol. The number of hydrogen-bond donors (Lipinski definition) is 1. The summed E-state index contributed by atoms with van der Waals surface area (Å²) in [6.07, 6.45) is 2.38. The zero-order valence-electron chi connectivity index (χ0n) is 15.5. The van der Waals surface area contributed by atoms with Crippen LogP contribution in [0.5, 0.6) is 0 Å². The molecule has 0 fully saturated rings. The van der Waals surface area contributed by atoms with E-state index in [-0.39, 0.29) is 0 Å². The van der Waals surface area contributed by atoms with Crippen molar-refractivity contribution in [2.24, 2.45) is 5.92 Å². The first-order chi connectivity index (χ1) is 11.7. The Bertz CT molecular complexity index is 576. The predicted molar refractivity (Wildman–Crippen MR) is 106 cm³/mol. The Morgan fingerprint density at radius 1 is 0.917 bits per heavy atom. The van der Waals surface area contributed by atoms with E-state index in [1.807, 2.05) is 0 Å². The van der Waals surface area contributed by atoms with E-state index in [2.05, 4.69) is 85.6 Å². The molecular formula is C22H32N2. The van der Waals surface area contributed by atoms with Gasteiger partial charge < -0.3 is 10.2 Å². The SMILES string of the molecule is CCN(CC)c1cccc(CNCC[C@@H](C)Cc2ccccc2)c1. The van der Waals surface area contributed by atoms with Gasteiger partial charge in [0, 0.05) is 25.3 Å². The van der Waals surface area contributed by atoms with Crippen LogP contribution in [-0.2, 0) is 13.0 Å². The molecule has 0 unspecified atom stereocenters. The number of benzene rings is 2. The molecule has 2 nitrogen and oxygen atoms in total. The number of rotatable bonds is 10. The summed E-state index contributed by atoms with van der Waals surface area (Å²) < 4.78 is 0. The summed E-state index contributed by atoms with van der Waals surface area (Å²) in [5.74, 6) is 0.710. The molecule has 0 bridgehead atoms. The molecular weight excluding hydrogens is 292 g/mol. The molecule has 2 heteroatoms. The van der Waals surface area contributed by atoms with Crippen LogP contribution in [0.15, 0.2) is 54.6 Å². The normalized spacial score (nSPS) is 12.1. The van der Waals surface area contributed by atoms with E-state index >= 15 is 0 Å². The second-order valence-electron chi connectivity index (χ2n) is 6.60. The third-order valence-corrected chi connectivity index (χ3v) is 4.61. The third kappa shape index (κ3) is 6.01. The van der Waals surface area contributed by atoms with Gasteiger partial charge in [0.05, 0.1) is 0 Å². The molecule has 1 atom stereocenters. The van der Waals surface area contributed by atoms with Crippen LogP contribution < -0.4 is 10.2 Å². The van der Waals surface area contributed by atoms with Crippen LogP contribution in [0.4, 0.5) is 5.69 Å². The number of hydrogen-bond acceptors (Lipinski definition) is 2. The molecule has 0 spiro atoms. The van der Waals surface area contributed by atoms with Crippen LogP contribution in [0.1, 0.15) is 38.3 Å².